The third-order valence-electron chi connectivity index (χ3n) is 4.14. The van der Waals surface area contributed by atoms with Crippen LogP contribution in [0.1, 0.15) is 11.1 Å². The summed E-state index contributed by atoms with van der Waals surface area (Å²) in [6.07, 6.45) is 1.54. The highest BCUT2D eigenvalue weighted by Gasteiger charge is 2.25. The molecule has 1 heterocycles. The van der Waals surface area contributed by atoms with Gasteiger partial charge in [0.15, 0.2) is 5.96 Å². The lowest BCUT2D eigenvalue weighted by molar-refractivity contribution is 0.341. The number of rotatable bonds is 5. The first-order valence-corrected chi connectivity index (χ1v) is 7.71. The summed E-state index contributed by atoms with van der Waals surface area (Å²) in [4.78, 5) is 6.42. The van der Waals surface area contributed by atoms with Crippen molar-refractivity contribution in [3.05, 3.63) is 65.5 Å². The maximum atomic E-state index is 13.3. The first-order valence-electron chi connectivity index (χ1n) is 7.71. The Bertz CT molecular complexity index is 700. The van der Waals surface area contributed by atoms with E-state index in [4.69, 9.17) is 5.73 Å². The van der Waals surface area contributed by atoms with Gasteiger partial charge in [0.1, 0.15) is 11.6 Å². The van der Waals surface area contributed by atoms with E-state index in [1.54, 1.807) is 24.3 Å². The molecule has 120 valence electrons. The lowest BCUT2D eigenvalue weighted by atomic mass is 10.0. The molecule has 0 aromatic heterocycles. The van der Waals surface area contributed by atoms with E-state index >= 15 is 0 Å². The Morgan fingerprint density at radius 3 is 2.70 bits per heavy atom. The van der Waals surface area contributed by atoms with Gasteiger partial charge in [0.25, 0.3) is 0 Å². The molecule has 3 N–H and O–H groups in total. The number of hydrogen-bond acceptors (Lipinski definition) is 4. The molecular formula is C18H20FN3O. The summed E-state index contributed by atoms with van der Waals surface area (Å²) in [5, 5.41) is 9.36. The predicted molar refractivity (Wildman–Crippen MR) is 88.9 cm³/mol. The summed E-state index contributed by atoms with van der Waals surface area (Å²) in [6.45, 7) is 1.37. The lowest BCUT2D eigenvalue weighted by Crippen LogP contribution is -2.43. The highest BCUT2D eigenvalue weighted by Crippen LogP contribution is 2.17. The van der Waals surface area contributed by atoms with Crippen LogP contribution in [0, 0.1) is 5.82 Å². The molecule has 0 amide bonds. The van der Waals surface area contributed by atoms with E-state index in [1.165, 1.54) is 6.07 Å². The topological polar surface area (TPSA) is 61.9 Å². The number of halogens is 1. The molecule has 0 radical (unpaired) electrons. The molecule has 2 aromatic carbocycles. The van der Waals surface area contributed by atoms with Crippen molar-refractivity contribution < 1.29 is 9.50 Å². The zero-order chi connectivity index (χ0) is 16.2. The summed E-state index contributed by atoms with van der Waals surface area (Å²) in [5.41, 5.74) is 8.09. The van der Waals surface area contributed by atoms with Gasteiger partial charge in [-0.25, -0.2) is 4.39 Å². The Morgan fingerprint density at radius 1 is 1.17 bits per heavy atom. The molecule has 1 atom stereocenters. The number of nitrogens with zero attached hydrogens (tertiary/aromatic N) is 2. The minimum atomic E-state index is -0.216. The largest absolute Gasteiger partial charge is 0.508 e. The first-order chi connectivity index (χ1) is 11.1. The van der Waals surface area contributed by atoms with E-state index in [-0.39, 0.29) is 17.6 Å². The van der Waals surface area contributed by atoms with Crippen molar-refractivity contribution in [2.75, 3.05) is 13.1 Å². The van der Waals surface area contributed by atoms with E-state index in [2.05, 4.69) is 9.89 Å². The van der Waals surface area contributed by atoms with E-state index in [9.17, 15) is 9.50 Å². The maximum absolute atomic E-state index is 13.3. The van der Waals surface area contributed by atoms with Crippen molar-refractivity contribution in [3.8, 4) is 5.75 Å². The summed E-state index contributed by atoms with van der Waals surface area (Å²) < 4.78 is 13.3. The van der Waals surface area contributed by atoms with Crippen molar-refractivity contribution in [3.63, 3.8) is 0 Å². The van der Waals surface area contributed by atoms with E-state index in [1.807, 2.05) is 18.2 Å². The molecule has 0 spiro atoms. The molecule has 5 heteroatoms. The second kappa shape index (κ2) is 6.69. The minimum absolute atomic E-state index is 0.202. The van der Waals surface area contributed by atoms with Crippen LogP contribution in [-0.4, -0.2) is 35.1 Å². The zero-order valence-electron chi connectivity index (χ0n) is 12.8. The van der Waals surface area contributed by atoms with Crippen LogP contribution in [0.5, 0.6) is 5.75 Å². The predicted octanol–water partition coefficient (Wildman–Crippen LogP) is 2.32. The highest BCUT2D eigenvalue weighted by molar-refractivity contribution is 5.80. The zero-order valence-corrected chi connectivity index (χ0v) is 12.8. The van der Waals surface area contributed by atoms with Gasteiger partial charge in [0.2, 0.25) is 0 Å². The summed E-state index contributed by atoms with van der Waals surface area (Å²) in [6, 6.07) is 14.0. The number of hydrogen-bond donors (Lipinski definition) is 2. The van der Waals surface area contributed by atoms with Crippen LogP contribution in [0.2, 0.25) is 0 Å². The normalized spacial score (nSPS) is 17.3. The van der Waals surface area contributed by atoms with E-state index in [0.29, 0.717) is 19.0 Å². The van der Waals surface area contributed by atoms with Gasteiger partial charge in [-0.15, -0.1) is 0 Å². The van der Waals surface area contributed by atoms with Crippen molar-refractivity contribution >= 4 is 5.96 Å². The van der Waals surface area contributed by atoms with Gasteiger partial charge in [-0.3, -0.25) is 4.99 Å². The Balaban J connectivity index is 1.63. The molecule has 1 aliphatic rings. The smallest absolute Gasteiger partial charge is 0.191 e. The Kier molecular flexibility index (Phi) is 4.46. The fraction of sp³-hybridized carbons (Fsp3) is 0.278. The van der Waals surface area contributed by atoms with Crippen molar-refractivity contribution in [2.24, 2.45) is 10.7 Å². The molecule has 1 aliphatic heterocycles. The molecule has 0 unspecified atom stereocenters. The van der Waals surface area contributed by atoms with Gasteiger partial charge >= 0.3 is 0 Å². The number of phenols is 1. The van der Waals surface area contributed by atoms with Crippen LogP contribution >= 0.6 is 0 Å². The number of aromatic hydroxyl groups is 1. The average Bonchev–Trinajstić information content (AvgIpc) is 2.88. The first kappa shape index (κ1) is 15.3. The SMILES string of the molecule is NC1=NC[C@H](Cc2ccc(O)cc2)N1CCc1cccc(F)c1. The molecule has 0 aliphatic carbocycles. The molecular weight excluding hydrogens is 293 g/mol. The molecule has 2 aromatic rings. The maximum Gasteiger partial charge on any atom is 0.191 e. The third kappa shape index (κ3) is 3.80. The van der Waals surface area contributed by atoms with Gasteiger partial charge in [-0.2, -0.15) is 0 Å². The summed E-state index contributed by atoms with van der Waals surface area (Å²) in [7, 11) is 0. The van der Waals surface area contributed by atoms with Crippen LogP contribution in [0.15, 0.2) is 53.5 Å². The molecule has 3 rings (SSSR count). The fourth-order valence-corrected chi connectivity index (χ4v) is 2.89. The quantitative estimate of drug-likeness (QED) is 0.890. The molecule has 23 heavy (non-hydrogen) atoms. The standard InChI is InChI=1S/C18H20FN3O/c19-15-3-1-2-13(10-15)8-9-22-16(12-21-18(22)20)11-14-4-6-17(23)7-5-14/h1-7,10,16,23H,8-9,11-12H2,(H2,20,21)/t16-/m0/s1. The summed E-state index contributed by atoms with van der Waals surface area (Å²) in [5.74, 6) is 0.593. The number of guanidine groups is 1. The highest BCUT2D eigenvalue weighted by atomic mass is 19.1. The molecule has 0 saturated heterocycles. The van der Waals surface area contributed by atoms with Crippen molar-refractivity contribution in [2.45, 2.75) is 18.9 Å². The van der Waals surface area contributed by atoms with Gasteiger partial charge in [0, 0.05) is 6.54 Å². The van der Waals surface area contributed by atoms with Gasteiger partial charge < -0.3 is 15.7 Å². The fourth-order valence-electron chi connectivity index (χ4n) is 2.89. The minimum Gasteiger partial charge on any atom is -0.508 e. The monoisotopic (exact) mass is 313 g/mol. The van der Waals surface area contributed by atoms with Crippen LogP contribution in [0.3, 0.4) is 0 Å². The number of phenolic OH excluding ortho intramolecular Hbond substituents is 1. The van der Waals surface area contributed by atoms with Crippen LogP contribution in [0.25, 0.3) is 0 Å². The summed E-state index contributed by atoms with van der Waals surface area (Å²) >= 11 is 0. The van der Waals surface area contributed by atoms with Crippen LogP contribution in [0.4, 0.5) is 4.39 Å². The van der Waals surface area contributed by atoms with Crippen molar-refractivity contribution in [1.29, 1.82) is 0 Å². The average molecular weight is 313 g/mol. The van der Waals surface area contributed by atoms with E-state index < -0.39 is 0 Å². The molecule has 0 saturated carbocycles. The lowest BCUT2D eigenvalue weighted by Gasteiger charge is -2.26. The second-order valence-electron chi connectivity index (χ2n) is 5.80. The van der Waals surface area contributed by atoms with Crippen molar-refractivity contribution in [1.82, 2.24) is 4.90 Å². The van der Waals surface area contributed by atoms with E-state index in [0.717, 1.165) is 24.0 Å². The van der Waals surface area contributed by atoms with Crippen LogP contribution < -0.4 is 5.73 Å². The van der Waals surface area contributed by atoms with Gasteiger partial charge in [-0.1, -0.05) is 24.3 Å². The van der Waals surface area contributed by atoms with Gasteiger partial charge in [0.05, 0.1) is 12.6 Å². The second-order valence-corrected chi connectivity index (χ2v) is 5.80. The number of nitrogens with two attached hydrogens (primary N) is 1. The number of benzene rings is 2. The molecule has 0 fully saturated rings. The Labute approximate surface area is 135 Å². The Morgan fingerprint density at radius 2 is 1.96 bits per heavy atom. The Hall–Kier alpha value is -2.56. The molecule has 4 nitrogen and oxygen atoms in total. The molecule has 0 bridgehead atoms. The van der Waals surface area contributed by atoms with Gasteiger partial charge in [-0.05, 0) is 48.2 Å². The third-order valence-corrected chi connectivity index (χ3v) is 4.14. The number of aliphatic imine (C=N–C) groups is 1. The van der Waals surface area contributed by atoms with Crippen LogP contribution in [-0.2, 0) is 12.8 Å².